The van der Waals surface area contributed by atoms with E-state index in [-0.39, 0.29) is 0 Å². The molecule has 0 fully saturated rings. The third-order valence-electron chi connectivity index (χ3n) is 1.72. The largest absolute Gasteiger partial charge is 0.494 e. The van der Waals surface area contributed by atoms with Crippen LogP contribution in [0.15, 0.2) is 24.3 Å². The fourth-order valence-corrected chi connectivity index (χ4v) is 0.997. The molecule has 0 aromatic heterocycles. The Balaban J connectivity index is 2.59. The monoisotopic (exact) mass is 180 g/mol. The molecule has 2 N–H and O–H groups in total. The number of anilines is 1. The number of benzene rings is 1. The minimum Gasteiger partial charge on any atom is -0.494 e. The average molecular weight is 180 g/mol. The molecule has 13 heavy (non-hydrogen) atoms. The van der Waals surface area contributed by atoms with Crippen LogP contribution in [0, 0.1) is 0 Å². The van der Waals surface area contributed by atoms with E-state index >= 15 is 0 Å². The lowest BCUT2D eigenvalue weighted by Crippen LogP contribution is -2.24. The highest BCUT2D eigenvalue weighted by molar-refractivity contribution is 5.46. The second-order valence-electron chi connectivity index (χ2n) is 2.95. The van der Waals surface area contributed by atoms with Crippen molar-refractivity contribution in [3.8, 4) is 5.75 Å². The highest BCUT2D eigenvalue weighted by atomic mass is 16.5. The predicted octanol–water partition coefficient (Wildman–Crippen LogP) is 1.79. The van der Waals surface area contributed by atoms with Crippen molar-refractivity contribution in [1.82, 2.24) is 0 Å². The molecule has 0 aliphatic heterocycles. The molecule has 1 rings (SSSR count). The molecule has 0 aliphatic rings. The molecule has 1 aromatic carbocycles. The first-order valence-corrected chi connectivity index (χ1v) is 4.45. The van der Waals surface area contributed by atoms with Gasteiger partial charge in [0.25, 0.3) is 0 Å². The molecule has 0 saturated heterocycles. The maximum atomic E-state index is 5.56. The maximum Gasteiger partial charge on any atom is 0.119 e. The molecule has 0 bridgehead atoms. The molecule has 0 saturated carbocycles. The van der Waals surface area contributed by atoms with Gasteiger partial charge in [0.15, 0.2) is 0 Å². The normalized spacial score (nSPS) is 9.77. The summed E-state index contributed by atoms with van der Waals surface area (Å²) in [5.74, 6) is 6.45. The van der Waals surface area contributed by atoms with Crippen molar-refractivity contribution in [2.24, 2.45) is 5.84 Å². The van der Waals surface area contributed by atoms with E-state index in [0.29, 0.717) is 0 Å². The lowest BCUT2D eigenvalue weighted by Gasteiger charge is -2.12. The van der Waals surface area contributed by atoms with E-state index in [1.165, 1.54) is 0 Å². The van der Waals surface area contributed by atoms with Crippen LogP contribution in [0.25, 0.3) is 0 Å². The van der Waals surface area contributed by atoms with Gasteiger partial charge in [0.2, 0.25) is 0 Å². The van der Waals surface area contributed by atoms with Crippen LogP contribution in [0.2, 0.25) is 0 Å². The van der Waals surface area contributed by atoms with Gasteiger partial charge >= 0.3 is 0 Å². The van der Waals surface area contributed by atoms with Gasteiger partial charge in [-0.3, -0.25) is 0 Å². The number of nitrogens with zero attached hydrogens (tertiary/aromatic N) is 1. The molecule has 0 spiro atoms. The van der Waals surface area contributed by atoms with Gasteiger partial charge in [-0.1, -0.05) is 6.92 Å². The number of hydrazine groups is 1. The average Bonchev–Trinajstić information content (AvgIpc) is 2.15. The van der Waals surface area contributed by atoms with Gasteiger partial charge in [0.05, 0.1) is 12.3 Å². The zero-order valence-electron chi connectivity index (χ0n) is 8.16. The molecule has 3 heteroatoms. The summed E-state index contributed by atoms with van der Waals surface area (Å²) in [6.07, 6.45) is 1.03. The molecule has 72 valence electrons. The Labute approximate surface area is 79.1 Å². The smallest absolute Gasteiger partial charge is 0.119 e. The Morgan fingerprint density at radius 3 is 2.38 bits per heavy atom. The van der Waals surface area contributed by atoms with Crippen LogP contribution in [0.4, 0.5) is 5.69 Å². The fourth-order valence-electron chi connectivity index (χ4n) is 0.997. The number of hydrogen-bond donors (Lipinski definition) is 1. The molecule has 0 atom stereocenters. The van der Waals surface area contributed by atoms with Gasteiger partial charge in [-0.2, -0.15) is 0 Å². The van der Waals surface area contributed by atoms with Crippen molar-refractivity contribution in [3.63, 3.8) is 0 Å². The summed E-state index contributed by atoms with van der Waals surface area (Å²) in [5.41, 5.74) is 0.976. The second-order valence-corrected chi connectivity index (χ2v) is 2.95. The van der Waals surface area contributed by atoms with E-state index in [1.807, 2.05) is 31.3 Å². The minimum absolute atomic E-state index is 0.762. The van der Waals surface area contributed by atoms with Crippen LogP contribution in [-0.4, -0.2) is 13.7 Å². The maximum absolute atomic E-state index is 5.56. The van der Waals surface area contributed by atoms with Crippen molar-refractivity contribution < 1.29 is 4.74 Å². The molecule has 0 unspecified atom stereocenters. The van der Waals surface area contributed by atoms with Crippen LogP contribution >= 0.6 is 0 Å². The van der Waals surface area contributed by atoms with Gasteiger partial charge in [-0.25, -0.2) is 5.84 Å². The van der Waals surface area contributed by atoms with Gasteiger partial charge in [0, 0.05) is 7.05 Å². The van der Waals surface area contributed by atoms with Gasteiger partial charge in [0.1, 0.15) is 5.75 Å². The van der Waals surface area contributed by atoms with E-state index < -0.39 is 0 Å². The first kappa shape index (κ1) is 9.86. The Kier molecular flexibility index (Phi) is 3.58. The van der Waals surface area contributed by atoms with E-state index in [4.69, 9.17) is 10.6 Å². The Morgan fingerprint density at radius 1 is 1.31 bits per heavy atom. The molecule has 0 amide bonds. The summed E-state index contributed by atoms with van der Waals surface area (Å²) in [6, 6.07) is 7.72. The van der Waals surface area contributed by atoms with Crippen molar-refractivity contribution in [3.05, 3.63) is 24.3 Å². The Hall–Kier alpha value is -1.22. The summed E-state index contributed by atoms with van der Waals surface area (Å²) in [7, 11) is 1.81. The Morgan fingerprint density at radius 2 is 1.92 bits per heavy atom. The number of nitrogens with two attached hydrogens (primary N) is 1. The highest BCUT2D eigenvalue weighted by Crippen LogP contribution is 2.16. The van der Waals surface area contributed by atoms with Crippen molar-refractivity contribution in [2.45, 2.75) is 13.3 Å². The summed E-state index contributed by atoms with van der Waals surface area (Å²) < 4.78 is 5.43. The van der Waals surface area contributed by atoms with E-state index in [1.54, 1.807) is 5.01 Å². The quantitative estimate of drug-likeness (QED) is 0.567. The number of hydrogen-bond acceptors (Lipinski definition) is 3. The summed E-state index contributed by atoms with van der Waals surface area (Å²) in [5, 5.41) is 1.57. The minimum atomic E-state index is 0.762. The lowest BCUT2D eigenvalue weighted by atomic mass is 10.3. The molecule has 0 heterocycles. The van der Waals surface area contributed by atoms with Crippen LogP contribution in [0.3, 0.4) is 0 Å². The summed E-state index contributed by atoms with van der Waals surface area (Å²) in [4.78, 5) is 0. The zero-order valence-corrected chi connectivity index (χ0v) is 8.16. The fraction of sp³-hybridized carbons (Fsp3) is 0.400. The SMILES string of the molecule is CCCOc1ccc(N(C)N)cc1. The summed E-state index contributed by atoms with van der Waals surface area (Å²) in [6.45, 7) is 2.85. The van der Waals surface area contributed by atoms with E-state index in [9.17, 15) is 0 Å². The molecular weight excluding hydrogens is 164 g/mol. The Bertz CT molecular complexity index is 244. The van der Waals surface area contributed by atoms with Gasteiger partial charge in [-0.15, -0.1) is 0 Å². The van der Waals surface area contributed by atoms with Crippen LogP contribution in [0.5, 0.6) is 5.75 Å². The molecular formula is C10H16N2O. The third kappa shape index (κ3) is 2.95. The van der Waals surface area contributed by atoms with Crippen LogP contribution in [0.1, 0.15) is 13.3 Å². The molecule has 1 aromatic rings. The van der Waals surface area contributed by atoms with Crippen molar-refractivity contribution in [1.29, 1.82) is 0 Å². The lowest BCUT2D eigenvalue weighted by molar-refractivity contribution is 0.317. The predicted molar refractivity (Wildman–Crippen MR) is 54.8 cm³/mol. The number of rotatable bonds is 4. The summed E-state index contributed by atoms with van der Waals surface area (Å²) >= 11 is 0. The topological polar surface area (TPSA) is 38.5 Å². The van der Waals surface area contributed by atoms with Crippen molar-refractivity contribution in [2.75, 3.05) is 18.7 Å². The molecule has 3 nitrogen and oxygen atoms in total. The van der Waals surface area contributed by atoms with Gasteiger partial charge < -0.3 is 9.75 Å². The first-order valence-electron chi connectivity index (χ1n) is 4.45. The van der Waals surface area contributed by atoms with E-state index in [0.717, 1.165) is 24.5 Å². The number of ether oxygens (including phenoxy) is 1. The molecule has 0 aliphatic carbocycles. The second kappa shape index (κ2) is 4.72. The molecule has 0 radical (unpaired) electrons. The van der Waals surface area contributed by atoms with Gasteiger partial charge in [-0.05, 0) is 30.7 Å². The standard InChI is InChI=1S/C10H16N2O/c1-3-8-13-10-6-4-9(5-7-10)12(2)11/h4-7H,3,8,11H2,1-2H3. The van der Waals surface area contributed by atoms with Crippen LogP contribution in [-0.2, 0) is 0 Å². The van der Waals surface area contributed by atoms with E-state index in [2.05, 4.69) is 6.92 Å². The third-order valence-corrected chi connectivity index (χ3v) is 1.72. The van der Waals surface area contributed by atoms with Crippen molar-refractivity contribution >= 4 is 5.69 Å². The first-order chi connectivity index (χ1) is 6.24. The van der Waals surface area contributed by atoms with Crippen LogP contribution < -0.4 is 15.6 Å². The zero-order chi connectivity index (χ0) is 9.68. The highest BCUT2D eigenvalue weighted by Gasteiger charge is 1.95.